The minimum Gasteiger partial charge on any atom is -0.381 e. The van der Waals surface area contributed by atoms with Crippen LogP contribution in [0.2, 0.25) is 0 Å². The molecule has 2 aliphatic rings. The van der Waals surface area contributed by atoms with E-state index in [0.29, 0.717) is 12.1 Å². The Labute approximate surface area is 190 Å². The fraction of sp³-hybridized carbons (Fsp3) is 0.321. The van der Waals surface area contributed by atoms with Crippen molar-refractivity contribution in [1.29, 1.82) is 0 Å². The molecule has 0 aliphatic carbocycles. The Hall–Kier alpha value is -3.11. The summed E-state index contributed by atoms with van der Waals surface area (Å²) in [6.45, 7) is 4.02. The molecule has 1 saturated heterocycles. The lowest BCUT2D eigenvalue weighted by molar-refractivity contribution is 0.0487. The average molecular weight is 427 g/mol. The lowest BCUT2D eigenvalue weighted by Crippen LogP contribution is -2.44. The number of ether oxygens (including phenoxy) is 1. The van der Waals surface area contributed by atoms with Crippen LogP contribution in [-0.4, -0.2) is 32.2 Å². The van der Waals surface area contributed by atoms with E-state index >= 15 is 0 Å². The number of nitrogens with one attached hydrogen (secondary N) is 1. The van der Waals surface area contributed by atoms with Gasteiger partial charge < -0.3 is 15.0 Å². The molecular formula is C28H30N2O2. The van der Waals surface area contributed by atoms with Crippen LogP contribution in [0, 0.1) is 0 Å². The van der Waals surface area contributed by atoms with Crippen LogP contribution in [0.1, 0.15) is 39.9 Å². The zero-order chi connectivity index (χ0) is 21.8. The second-order valence-corrected chi connectivity index (χ2v) is 8.93. The molecule has 3 aromatic rings. The fourth-order valence-electron chi connectivity index (χ4n) is 5.01. The van der Waals surface area contributed by atoms with Gasteiger partial charge >= 0.3 is 0 Å². The summed E-state index contributed by atoms with van der Waals surface area (Å²) in [5, 5.41) is 3.21. The molecule has 0 unspecified atom stereocenters. The minimum atomic E-state index is -0.0592. The van der Waals surface area contributed by atoms with E-state index in [1.807, 2.05) is 18.2 Å². The molecule has 1 fully saturated rings. The fourth-order valence-corrected chi connectivity index (χ4v) is 5.01. The number of hydrogen-bond donors (Lipinski definition) is 1. The summed E-state index contributed by atoms with van der Waals surface area (Å²) < 4.78 is 5.61. The van der Waals surface area contributed by atoms with E-state index in [1.165, 1.54) is 22.4 Å². The molecule has 2 aliphatic heterocycles. The molecule has 0 saturated carbocycles. The second kappa shape index (κ2) is 9.17. The molecule has 1 N–H and O–H groups in total. The highest BCUT2D eigenvalue weighted by Gasteiger charge is 2.34. The summed E-state index contributed by atoms with van der Waals surface area (Å²) in [4.78, 5) is 15.3. The molecule has 3 aromatic carbocycles. The zero-order valence-electron chi connectivity index (χ0n) is 18.4. The number of anilines is 1. The summed E-state index contributed by atoms with van der Waals surface area (Å²) in [7, 11) is 0. The Morgan fingerprint density at radius 2 is 1.56 bits per heavy atom. The van der Waals surface area contributed by atoms with Crippen LogP contribution in [0.15, 0.2) is 78.9 Å². The van der Waals surface area contributed by atoms with E-state index < -0.39 is 0 Å². The lowest BCUT2D eigenvalue weighted by atomic mass is 9.74. The normalized spacial score (nSPS) is 17.4. The van der Waals surface area contributed by atoms with Gasteiger partial charge in [0.15, 0.2) is 0 Å². The minimum absolute atomic E-state index is 0.0117. The summed E-state index contributed by atoms with van der Waals surface area (Å²) in [5.41, 5.74) is 5.94. The van der Waals surface area contributed by atoms with Crippen LogP contribution in [-0.2, 0) is 23.1 Å². The molecule has 0 aromatic heterocycles. The quantitative estimate of drug-likeness (QED) is 0.641. The lowest BCUT2D eigenvalue weighted by Gasteiger charge is -2.38. The molecular weight excluding hydrogens is 396 g/mol. The topological polar surface area (TPSA) is 41.6 Å². The van der Waals surface area contributed by atoms with Crippen molar-refractivity contribution in [2.24, 2.45) is 0 Å². The molecule has 32 heavy (non-hydrogen) atoms. The molecule has 1 amide bonds. The summed E-state index contributed by atoms with van der Waals surface area (Å²) in [6.07, 6.45) is 2.91. The molecule has 0 radical (unpaired) electrons. The van der Waals surface area contributed by atoms with Gasteiger partial charge in [0, 0.05) is 49.5 Å². The Morgan fingerprint density at radius 3 is 2.31 bits per heavy atom. The van der Waals surface area contributed by atoms with Crippen molar-refractivity contribution >= 4 is 11.6 Å². The maximum Gasteiger partial charge on any atom is 0.251 e. The third-order valence-electron chi connectivity index (χ3n) is 7.05. The van der Waals surface area contributed by atoms with Crippen LogP contribution < -0.4 is 10.2 Å². The Bertz CT molecular complexity index is 1060. The van der Waals surface area contributed by atoms with Gasteiger partial charge in [-0.2, -0.15) is 0 Å². The number of benzene rings is 3. The first-order chi connectivity index (χ1) is 15.7. The van der Waals surface area contributed by atoms with E-state index in [4.69, 9.17) is 4.74 Å². The van der Waals surface area contributed by atoms with Gasteiger partial charge in [0.05, 0.1) is 0 Å². The van der Waals surface area contributed by atoms with E-state index in [0.717, 1.165) is 45.6 Å². The van der Waals surface area contributed by atoms with Gasteiger partial charge in [-0.1, -0.05) is 54.6 Å². The van der Waals surface area contributed by atoms with E-state index in [9.17, 15) is 4.79 Å². The van der Waals surface area contributed by atoms with E-state index in [2.05, 4.69) is 70.9 Å². The summed E-state index contributed by atoms with van der Waals surface area (Å²) in [6, 6.07) is 27.2. The van der Waals surface area contributed by atoms with E-state index in [-0.39, 0.29) is 11.3 Å². The highest BCUT2D eigenvalue weighted by Crippen LogP contribution is 2.34. The number of carbonyl (C=O) groups is 1. The van der Waals surface area contributed by atoms with Gasteiger partial charge in [0.1, 0.15) is 0 Å². The molecule has 4 nitrogen and oxygen atoms in total. The van der Waals surface area contributed by atoms with Gasteiger partial charge in [-0.3, -0.25) is 4.79 Å². The molecule has 164 valence electrons. The van der Waals surface area contributed by atoms with Gasteiger partial charge in [0.2, 0.25) is 0 Å². The summed E-state index contributed by atoms with van der Waals surface area (Å²) >= 11 is 0. The largest absolute Gasteiger partial charge is 0.381 e. The first kappa shape index (κ1) is 20.8. The first-order valence-electron chi connectivity index (χ1n) is 11.6. The monoisotopic (exact) mass is 426 g/mol. The molecule has 0 spiro atoms. The maximum absolute atomic E-state index is 13.0. The van der Waals surface area contributed by atoms with Crippen molar-refractivity contribution in [3.8, 4) is 0 Å². The molecule has 2 heterocycles. The van der Waals surface area contributed by atoms with Crippen LogP contribution in [0.4, 0.5) is 5.69 Å². The van der Waals surface area contributed by atoms with Crippen LogP contribution in [0.25, 0.3) is 0 Å². The second-order valence-electron chi connectivity index (χ2n) is 8.93. The van der Waals surface area contributed by atoms with Gasteiger partial charge in [-0.25, -0.2) is 0 Å². The molecule has 4 heteroatoms. The highest BCUT2D eigenvalue weighted by atomic mass is 16.5. The number of rotatable bonds is 5. The van der Waals surface area contributed by atoms with E-state index in [1.54, 1.807) is 0 Å². The molecule has 5 rings (SSSR count). The number of amides is 1. The standard InChI is InChI=1S/C28H30N2O2/c31-27(29-21-28(15-18-32-19-16-28)25-8-2-1-3-9-25)23-10-12-26(13-11-23)30-17-14-22-6-4-5-7-24(22)20-30/h1-13H,14-21H2,(H,29,31). The SMILES string of the molecule is O=C(NCC1(c2ccccc2)CCOCC1)c1ccc(N2CCc3ccccc3C2)cc1. The predicted molar refractivity (Wildman–Crippen MR) is 128 cm³/mol. The van der Waals surface area contributed by atoms with Crippen molar-refractivity contribution in [3.63, 3.8) is 0 Å². The van der Waals surface area contributed by atoms with Gasteiger partial charge in [-0.05, 0) is 60.2 Å². The third kappa shape index (κ3) is 4.28. The zero-order valence-corrected chi connectivity index (χ0v) is 18.4. The Kier molecular flexibility index (Phi) is 5.95. The number of carbonyl (C=O) groups excluding carboxylic acids is 1. The summed E-state index contributed by atoms with van der Waals surface area (Å²) in [5.74, 6) is -0.0117. The number of nitrogens with zero attached hydrogens (tertiary/aromatic N) is 1. The Morgan fingerprint density at radius 1 is 0.875 bits per heavy atom. The van der Waals surface area contributed by atoms with Crippen molar-refractivity contribution in [2.75, 3.05) is 31.2 Å². The van der Waals surface area contributed by atoms with Crippen molar-refractivity contribution in [1.82, 2.24) is 5.32 Å². The first-order valence-corrected chi connectivity index (χ1v) is 11.6. The number of fused-ring (bicyclic) bond motifs is 1. The maximum atomic E-state index is 13.0. The number of hydrogen-bond acceptors (Lipinski definition) is 3. The Balaban J connectivity index is 1.25. The van der Waals surface area contributed by atoms with Crippen molar-refractivity contribution < 1.29 is 9.53 Å². The van der Waals surface area contributed by atoms with Crippen molar-refractivity contribution in [2.45, 2.75) is 31.2 Å². The van der Waals surface area contributed by atoms with Gasteiger partial charge in [-0.15, -0.1) is 0 Å². The predicted octanol–water partition coefficient (Wildman–Crippen LogP) is 4.73. The van der Waals surface area contributed by atoms with Crippen LogP contribution in [0.5, 0.6) is 0 Å². The third-order valence-corrected chi connectivity index (χ3v) is 7.05. The molecule has 0 bridgehead atoms. The highest BCUT2D eigenvalue weighted by molar-refractivity contribution is 5.94. The average Bonchev–Trinajstić information content (AvgIpc) is 2.88. The smallest absolute Gasteiger partial charge is 0.251 e. The molecule has 0 atom stereocenters. The van der Waals surface area contributed by atoms with Crippen LogP contribution in [0.3, 0.4) is 0 Å². The van der Waals surface area contributed by atoms with Crippen molar-refractivity contribution in [3.05, 3.63) is 101 Å². The van der Waals surface area contributed by atoms with Crippen LogP contribution >= 0.6 is 0 Å². The van der Waals surface area contributed by atoms with Gasteiger partial charge in [0.25, 0.3) is 5.91 Å².